The minimum Gasteiger partial charge on any atom is -0.341 e. The van der Waals surface area contributed by atoms with E-state index in [2.05, 4.69) is 36.1 Å². The maximum Gasteiger partial charge on any atom is 0.239 e. The lowest BCUT2D eigenvalue weighted by molar-refractivity contribution is -0.135. The molecule has 23 heavy (non-hydrogen) atoms. The molecule has 126 valence electrons. The number of benzene rings is 1. The van der Waals surface area contributed by atoms with Gasteiger partial charge >= 0.3 is 0 Å². The standard InChI is InChI=1S/C19H28N2OS/c1-15(20)16-8-7-13-21(14-16)18(22)19(11-5-6-12-19)23-17-9-3-2-4-10-17/h2-4,9-10,15-16H,5-8,11-14,20H2,1H3. The number of nitrogens with two attached hydrogens (primary N) is 1. The van der Waals surface area contributed by atoms with Crippen LogP contribution in [-0.4, -0.2) is 34.7 Å². The van der Waals surface area contributed by atoms with Gasteiger partial charge in [-0.05, 0) is 50.7 Å². The van der Waals surface area contributed by atoms with Gasteiger partial charge in [-0.2, -0.15) is 0 Å². The van der Waals surface area contributed by atoms with Gasteiger partial charge in [0.1, 0.15) is 0 Å². The van der Waals surface area contributed by atoms with E-state index in [1.807, 2.05) is 6.07 Å². The molecule has 1 aromatic carbocycles. The SMILES string of the molecule is CC(N)C1CCCN(C(=O)C2(Sc3ccccc3)CCCC2)C1. The van der Waals surface area contributed by atoms with Gasteiger partial charge < -0.3 is 10.6 Å². The largest absolute Gasteiger partial charge is 0.341 e. The zero-order valence-corrected chi connectivity index (χ0v) is 14.9. The fourth-order valence-electron chi connectivity index (χ4n) is 3.93. The van der Waals surface area contributed by atoms with Crippen molar-refractivity contribution in [3.63, 3.8) is 0 Å². The van der Waals surface area contributed by atoms with Crippen molar-refractivity contribution in [3.8, 4) is 0 Å². The summed E-state index contributed by atoms with van der Waals surface area (Å²) in [6.07, 6.45) is 6.58. The molecule has 0 aromatic heterocycles. The van der Waals surface area contributed by atoms with E-state index in [4.69, 9.17) is 5.73 Å². The van der Waals surface area contributed by atoms with Crippen molar-refractivity contribution in [1.82, 2.24) is 4.90 Å². The zero-order valence-electron chi connectivity index (χ0n) is 14.0. The van der Waals surface area contributed by atoms with Gasteiger partial charge in [-0.3, -0.25) is 4.79 Å². The second-order valence-electron chi connectivity index (χ2n) is 7.13. The number of hydrogen-bond acceptors (Lipinski definition) is 3. The normalized spacial score (nSPS) is 25.3. The number of carbonyl (C=O) groups excluding carboxylic acids is 1. The summed E-state index contributed by atoms with van der Waals surface area (Å²) in [4.78, 5) is 16.7. The molecule has 2 atom stereocenters. The van der Waals surface area contributed by atoms with Gasteiger partial charge in [0.2, 0.25) is 5.91 Å². The van der Waals surface area contributed by atoms with E-state index < -0.39 is 0 Å². The van der Waals surface area contributed by atoms with E-state index in [-0.39, 0.29) is 10.8 Å². The highest BCUT2D eigenvalue weighted by Crippen LogP contribution is 2.47. The summed E-state index contributed by atoms with van der Waals surface area (Å²) in [6.45, 7) is 3.81. The van der Waals surface area contributed by atoms with Crippen molar-refractivity contribution in [3.05, 3.63) is 30.3 Å². The maximum atomic E-state index is 13.4. The summed E-state index contributed by atoms with van der Waals surface area (Å²) < 4.78 is -0.249. The third-order valence-electron chi connectivity index (χ3n) is 5.35. The number of thioether (sulfide) groups is 1. The van der Waals surface area contributed by atoms with Crippen molar-refractivity contribution in [2.45, 2.75) is 61.1 Å². The zero-order chi connectivity index (χ0) is 16.3. The van der Waals surface area contributed by atoms with Gasteiger partial charge in [0.05, 0.1) is 4.75 Å². The Hall–Kier alpha value is -1.00. The Balaban J connectivity index is 1.76. The Labute approximate surface area is 144 Å². The van der Waals surface area contributed by atoms with Crippen LogP contribution < -0.4 is 5.73 Å². The average molecular weight is 333 g/mol. The molecule has 0 radical (unpaired) electrons. The third-order valence-corrected chi connectivity index (χ3v) is 6.83. The first-order valence-electron chi connectivity index (χ1n) is 8.90. The van der Waals surface area contributed by atoms with Gasteiger partial charge in [0.15, 0.2) is 0 Å². The van der Waals surface area contributed by atoms with Crippen molar-refractivity contribution < 1.29 is 4.79 Å². The molecule has 4 heteroatoms. The van der Waals surface area contributed by atoms with E-state index in [1.165, 1.54) is 4.90 Å². The smallest absolute Gasteiger partial charge is 0.239 e. The Bertz CT molecular complexity index is 525. The Morgan fingerprint density at radius 3 is 2.61 bits per heavy atom. The van der Waals surface area contributed by atoms with Crippen LogP contribution >= 0.6 is 11.8 Å². The first kappa shape index (κ1) is 16.8. The average Bonchev–Trinajstić information content (AvgIpc) is 3.05. The molecule has 1 aliphatic carbocycles. The first-order valence-corrected chi connectivity index (χ1v) is 9.71. The number of hydrogen-bond donors (Lipinski definition) is 1. The molecule has 2 fully saturated rings. The highest BCUT2D eigenvalue weighted by Gasteiger charge is 2.45. The van der Waals surface area contributed by atoms with Crippen LogP contribution in [0.3, 0.4) is 0 Å². The lowest BCUT2D eigenvalue weighted by atomic mass is 9.91. The number of nitrogens with zero attached hydrogens (tertiary/aromatic N) is 1. The predicted molar refractivity (Wildman–Crippen MR) is 96.5 cm³/mol. The van der Waals surface area contributed by atoms with Crippen molar-refractivity contribution in [1.29, 1.82) is 0 Å². The van der Waals surface area contributed by atoms with E-state index in [0.717, 1.165) is 51.6 Å². The van der Waals surface area contributed by atoms with E-state index >= 15 is 0 Å². The number of piperidine rings is 1. The number of amides is 1. The summed E-state index contributed by atoms with van der Waals surface area (Å²) >= 11 is 1.79. The molecule has 2 unspecified atom stereocenters. The molecule has 1 saturated carbocycles. The second kappa shape index (κ2) is 7.27. The fourth-order valence-corrected chi connectivity index (χ4v) is 5.39. The van der Waals surface area contributed by atoms with Crippen LogP contribution in [0.1, 0.15) is 45.4 Å². The van der Waals surface area contributed by atoms with Gasteiger partial charge in [-0.15, -0.1) is 11.8 Å². The number of carbonyl (C=O) groups is 1. The van der Waals surface area contributed by atoms with Crippen LogP contribution in [0.4, 0.5) is 0 Å². The molecular formula is C19H28N2OS. The van der Waals surface area contributed by atoms with Gasteiger partial charge in [-0.25, -0.2) is 0 Å². The maximum absolute atomic E-state index is 13.4. The number of rotatable bonds is 4. The van der Waals surface area contributed by atoms with Crippen LogP contribution in [0.2, 0.25) is 0 Å². The summed E-state index contributed by atoms with van der Waals surface area (Å²) in [6, 6.07) is 10.6. The van der Waals surface area contributed by atoms with E-state index in [1.54, 1.807) is 11.8 Å². The molecule has 0 bridgehead atoms. The Morgan fingerprint density at radius 1 is 1.26 bits per heavy atom. The van der Waals surface area contributed by atoms with Crippen LogP contribution in [0.5, 0.6) is 0 Å². The lowest BCUT2D eigenvalue weighted by Crippen LogP contribution is -2.51. The number of likely N-dealkylation sites (tertiary alicyclic amines) is 1. The minimum atomic E-state index is -0.249. The molecule has 1 amide bonds. The third kappa shape index (κ3) is 3.74. The van der Waals surface area contributed by atoms with Crippen molar-refractivity contribution >= 4 is 17.7 Å². The molecule has 0 spiro atoms. The molecule has 3 nitrogen and oxygen atoms in total. The Kier molecular flexibility index (Phi) is 5.32. The van der Waals surface area contributed by atoms with E-state index in [0.29, 0.717) is 11.8 Å². The highest BCUT2D eigenvalue weighted by atomic mass is 32.2. The minimum absolute atomic E-state index is 0.173. The summed E-state index contributed by atoms with van der Waals surface area (Å²) in [7, 11) is 0. The van der Waals surface area contributed by atoms with Gasteiger partial charge in [-0.1, -0.05) is 31.0 Å². The van der Waals surface area contributed by atoms with Crippen molar-refractivity contribution in [2.24, 2.45) is 11.7 Å². The van der Waals surface area contributed by atoms with Crippen LogP contribution in [-0.2, 0) is 4.79 Å². The molecule has 1 saturated heterocycles. The van der Waals surface area contributed by atoms with Gasteiger partial charge in [0, 0.05) is 24.0 Å². The van der Waals surface area contributed by atoms with Crippen LogP contribution in [0.15, 0.2) is 35.2 Å². The van der Waals surface area contributed by atoms with Gasteiger partial charge in [0.25, 0.3) is 0 Å². The molecule has 2 aliphatic rings. The molecular weight excluding hydrogens is 304 g/mol. The summed E-state index contributed by atoms with van der Waals surface area (Å²) in [5.74, 6) is 0.807. The van der Waals surface area contributed by atoms with E-state index in [9.17, 15) is 4.79 Å². The predicted octanol–water partition coefficient (Wildman–Crippen LogP) is 3.68. The fraction of sp³-hybridized carbons (Fsp3) is 0.632. The monoisotopic (exact) mass is 332 g/mol. The molecule has 3 rings (SSSR count). The lowest BCUT2D eigenvalue weighted by Gasteiger charge is -2.39. The highest BCUT2D eigenvalue weighted by molar-refractivity contribution is 8.01. The summed E-state index contributed by atoms with van der Waals surface area (Å²) in [5, 5.41) is 0. The quantitative estimate of drug-likeness (QED) is 0.915. The summed E-state index contributed by atoms with van der Waals surface area (Å²) in [5.41, 5.74) is 6.10. The van der Waals surface area contributed by atoms with Crippen molar-refractivity contribution in [2.75, 3.05) is 13.1 Å². The molecule has 1 aromatic rings. The molecule has 2 N–H and O–H groups in total. The molecule has 1 heterocycles. The first-order chi connectivity index (χ1) is 11.1. The second-order valence-corrected chi connectivity index (χ2v) is 8.59. The van der Waals surface area contributed by atoms with Crippen LogP contribution in [0, 0.1) is 5.92 Å². The molecule has 1 aliphatic heterocycles. The van der Waals surface area contributed by atoms with Crippen LogP contribution in [0.25, 0.3) is 0 Å². The Morgan fingerprint density at radius 2 is 1.96 bits per heavy atom. The topological polar surface area (TPSA) is 46.3 Å².